The van der Waals surface area contributed by atoms with Gasteiger partial charge in [0.15, 0.2) is 0 Å². The normalized spacial score (nSPS) is 26.8. The van der Waals surface area contributed by atoms with E-state index in [1.807, 2.05) is 0 Å². The molecule has 0 aliphatic heterocycles. The average molecular weight is 283 g/mol. The van der Waals surface area contributed by atoms with E-state index < -0.39 is 17.2 Å². The third-order valence-corrected chi connectivity index (χ3v) is 4.25. The minimum atomic E-state index is -1.37. The minimum absolute atomic E-state index is 0.147. The molecule has 0 spiro atoms. The predicted octanol–water partition coefficient (Wildman–Crippen LogP) is 3.40. The van der Waals surface area contributed by atoms with Gasteiger partial charge in [-0.25, -0.2) is 8.78 Å². The fourth-order valence-corrected chi connectivity index (χ4v) is 2.98. The van der Waals surface area contributed by atoms with Gasteiger partial charge >= 0.3 is 0 Å². The van der Waals surface area contributed by atoms with Crippen molar-refractivity contribution in [3.8, 4) is 0 Å². The first-order chi connectivity index (χ1) is 9.48. The van der Waals surface area contributed by atoms with Crippen LogP contribution in [0.4, 0.5) is 8.78 Å². The molecule has 1 aromatic rings. The Hall–Kier alpha value is -1.00. The van der Waals surface area contributed by atoms with Crippen LogP contribution in [0.25, 0.3) is 0 Å². The summed E-state index contributed by atoms with van der Waals surface area (Å²) in [4.78, 5) is 0. The molecule has 0 aromatic heterocycles. The number of aliphatic hydroxyl groups is 1. The topological polar surface area (TPSA) is 32.3 Å². The van der Waals surface area contributed by atoms with Crippen molar-refractivity contribution in [1.29, 1.82) is 0 Å². The van der Waals surface area contributed by atoms with Gasteiger partial charge in [-0.05, 0) is 57.2 Å². The quantitative estimate of drug-likeness (QED) is 0.887. The van der Waals surface area contributed by atoms with E-state index in [1.54, 1.807) is 6.92 Å². The molecule has 112 valence electrons. The Labute approximate surface area is 119 Å². The number of rotatable bonds is 4. The lowest BCUT2D eigenvalue weighted by atomic mass is 9.77. The summed E-state index contributed by atoms with van der Waals surface area (Å²) in [6.45, 7) is 4.63. The minimum Gasteiger partial charge on any atom is -0.385 e. The molecule has 1 aromatic carbocycles. The van der Waals surface area contributed by atoms with Gasteiger partial charge in [-0.15, -0.1) is 0 Å². The number of aryl methyl sites for hydroxylation is 1. The van der Waals surface area contributed by atoms with Gasteiger partial charge in [0.05, 0.1) is 11.2 Å². The summed E-state index contributed by atoms with van der Waals surface area (Å²) in [6, 6.07) is 2.99. The van der Waals surface area contributed by atoms with Crippen LogP contribution in [0.2, 0.25) is 0 Å². The Bertz CT molecular complexity index is 468. The van der Waals surface area contributed by atoms with Gasteiger partial charge in [0, 0.05) is 6.04 Å². The molecule has 0 bridgehead atoms. The third kappa shape index (κ3) is 3.01. The Balaban J connectivity index is 2.16. The molecule has 2 N–H and O–H groups in total. The van der Waals surface area contributed by atoms with Crippen LogP contribution in [-0.2, 0) is 5.60 Å². The molecule has 4 heteroatoms. The van der Waals surface area contributed by atoms with Gasteiger partial charge in [0.25, 0.3) is 0 Å². The van der Waals surface area contributed by atoms with Crippen molar-refractivity contribution in [3.05, 3.63) is 34.9 Å². The highest BCUT2D eigenvalue weighted by atomic mass is 19.1. The zero-order valence-corrected chi connectivity index (χ0v) is 12.2. The molecule has 2 rings (SSSR count). The summed E-state index contributed by atoms with van der Waals surface area (Å²) in [6.07, 6.45) is 3.33. The summed E-state index contributed by atoms with van der Waals surface area (Å²) in [5, 5.41) is 14.1. The van der Waals surface area contributed by atoms with Crippen LogP contribution in [0, 0.1) is 18.6 Å². The number of halogens is 2. The van der Waals surface area contributed by atoms with Gasteiger partial charge in [0.2, 0.25) is 0 Å². The van der Waals surface area contributed by atoms with E-state index in [0.29, 0.717) is 24.4 Å². The Kier molecular flexibility index (Phi) is 4.76. The van der Waals surface area contributed by atoms with Gasteiger partial charge < -0.3 is 10.4 Å². The zero-order valence-electron chi connectivity index (χ0n) is 12.2. The highest BCUT2D eigenvalue weighted by Gasteiger charge is 2.39. The van der Waals surface area contributed by atoms with E-state index >= 15 is 0 Å². The molecular weight excluding hydrogens is 260 g/mol. The Morgan fingerprint density at radius 1 is 1.30 bits per heavy atom. The highest BCUT2D eigenvalue weighted by Crippen LogP contribution is 2.40. The van der Waals surface area contributed by atoms with Crippen molar-refractivity contribution in [2.24, 2.45) is 0 Å². The van der Waals surface area contributed by atoms with Crippen molar-refractivity contribution < 1.29 is 13.9 Å². The van der Waals surface area contributed by atoms with Crippen molar-refractivity contribution >= 4 is 0 Å². The molecule has 0 amide bonds. The number of hydrogen-bond acceptors (Lipinski definition) is 2. The molecule has 2 nitrogen and oxygen atoms in total. The van der Waals surface area contributed by atoms with E-state index in [2.05, 4.69) is 12.2 Å². The number of hydrogen-bond donors (Lipinski definition) is 2. The van der Waals surface area contributed by atoms with Crippen LogP contribution in [0.5, 0.6) is 0 Å². The maximum atomic E-state index is 14.2. The summed E-state index contributed by atoms with van der Waals surface area (Å²) in [5.41, 5.74) is -1.14. The fourth-order valence-electron chi connectivity index (χ4n) is 2.98. The standard InChI is InChI=1S/C16H23F2NO/c1-3-10-19-12-6-8-16(20,9-7-12)14-13(17)5-4-11(2)15(14)18/h4-5,12,19-20H,3,6-10H2,1-2H3. The maximum absolute atomic E-state index is 14.2. The fraction of sp³-hybridized carbons (Fsp3) is 0.625. The van der Waals surface area contributed by atoms with Crippen LogP contribution in [-0.4, -0.2) is 17.7 Å². The summed E-state index contributed by atoms with van der Waals surface area (Å²) in [7, 11) is 0. The van der Waals surface area contributed by atoms with E-state index in [9.17, 15) is 13.9 Å². The lowest BCUT2D eigenvalue weighted by Crippen LogP contribution is -2.41. The summed E-state index contributed by atoms with van der Waals surface area (Å²) in [5.74, 6) is -1.25. The molecule has 20 heavy (non-hydrogen) atoms. The Morgan fingerprint density at radius 2 is 1.95 bits per heavy atom. The molecule has 0 atom stereocenters. The molecule has 0 unspecified atom stereocenters. The second kappa shape index (κ2) is 6.19. The predicted molar refractivity (Wildman–Crippen MR) is 75.5 cm³/mol. The molecule has 1 aliphatic carbocycles. The molecule has 0 saturated heterocycles. The van der Waals surface area contributed by atoms with E-state index in [1.165, 1.54) is 12.1 Å². The van der Waals surface area contributed by atoms with E-state index in [0.717, 1.165) is 25.8 Å². The van der Waals surface area contributed by atoms with Crippen LogP contribution < -0.4 is 5.32 Å². The average Bonchev–Trinajstić information content (AvgIpc) is 2.43. The van der Waals surface area contributed by atoms with Crippen LogP contribution in [0.15, 0.2) is 12.1 Å². The van der Waals surface area contributed by atoms with Crippen LogP contribution >= 0.6 is 0 Å². The molecule has 1 saturated carbocycles. The number of nitrogens with one attached hydrogen (secondary N) is 1. The smallest absolute Gasteiger partial charge is 0.135 e. The lowest BCUT2D eigenvalue weighted by molar-refractivity contribution is -0.0144. The van der Waals surface area contributed by atoms with Crippen molar-refractivity contribution in [2.75, 3.05) is 6.54 Å². The van der Waals surface area contributed by atoms with Gasteiger partial charge in [-0.1, -0.05) is 13.0 Å². The van der Waals surface area contributed by atoms with E-state index in [4.69, 9.17) is 0 Å². The van der Waals surface area contributed by atoms with Gasteiger partial charge in [-0.2, -0.15) is 0 Å². The highest BCUT2D eigenvalue weighted by molar-refractivity contribution is 5.32. The molecular formula is C16H23F2NO. The monoisotopic (exact) mass is 283 g/mol. The molecule has 0 heterocycles. The molecule has 1 aliphatic rings. The first-order valence-electron chi connectivity index (χ1n) is 7.39. The van der Waals surface area contributed by atoms with Gasteiger partial charge in [-0.3, -0.25) is 0 Å². The summed E-state index contributed by atoms with van der Waals surface area (Å²) < 4.78 is 28.1. The Morgan fingerprint density at radius 3 is 2.55 bits per heavy atom. The third-order valence-electron chi connectivity index (χ3n) is 4.25. The SMILES string of the molecule is CCCNC1CCC(O)(c2c(F)ccc(C)c2F)CC1. The lowest BCUT2D eigenvalue weighted by Gasteiger charge is -2.37. The zero-order chi connectivity index (χ0) is 14.8. The molecule has 0 radical (unpaired) electrons. The van der Waals surface area contributed by atoms with Crippen molar-refractivity contribution in [1.82, 2.24) is 5.32 Å². The van der Waals surface area contributed by atoms with Gasteiger partial charge in [0.1, 0.15) is 11.6 Å². The number of benzene rings is 1. The molecule has 1 fully saturated rings. The van der Waals surface area contributed by atoms with E-state index in [-0.39, 0.29) is 5.56 Å². The maximum Gasteiger partial charge on any atom is 0.135 e. The first-order valence-corrected chi connectivity index (χ1v) is 7.39. The second-order valence-electron chi connectivity index (χ2n) is 5.81. The van der Waals surface area contributed by atoms with Crippen LogP contribution in [0.3, 0.4) is 0 Å². The van der Waals surface area contributed by atoms with Crippen LogP contribution in [0.1, 0.15) is 50.2 Å². The first kappa shape index (κ1) is 15.4. The largest absolute Gasteiger partial charge is 0.385 e. The van der Waals surface area contributed by atoms with Crippen molar-refractivity contribution in [2.45, 2.75) is 57.6 Å². The van der Waals surface area contributed by atoms with Crippen molar-refractivity contribution in [3.63, 3.8) is 0 Å². The summed E-state index contributed by atoms with van der Waals surface area (Å²) >= 11 is 0. The second-order valence-corrected chi connectivity index (χ2v) is 5.81.